The first-order valence-electron chi connectivity index (χ1n) is 6.33. The third-order valence-corrected chi connectivity index (χ3v) is 4.02. The standard InChI is InChI=1S/C14H19N3/c1-14(8-5-9-14)10-15-13-16-11-6-3-4-7-12(11)17(13)2/h3-4,6-7H,5,8-10H2,1-2H3,(H,15,16). The number of aromatic nitrogens is 2. The molecule has 1 heterocycles. The molecule has 1 fully saturated rings. The molecule has 1 N–H and O–H groups in total. The maximum absolute atomic E-state index is 4.63. The van der Waals surface area contributed by atoms with E-state index in [0.29, 0.717) is 5.41 Å². The second-order valence-electron chi connectivity index (χ2n) is 5.50. The predicted molar refractivity (Wildman–Crippen MR) is 71.2 cm³/mol. The highest BCUT2D eigenvalue weighted by Crippen LogP contribution is 2.40. The molecule has 0 amide bonds. The minimum Gasteiger partial charge on any atom is -0.355 e. The van der Waals surface area contributed by atoms with Crippen LogP contribution in [0.3, 0.4) is 0 Å². The molecule has 1 saturated carbocycles. The van der Waals surface area contributed by atoms with Crippen LogP contribution in [0.2, 0.25) is 0 Å². The molecule has 2 aromatic rings. The van der Waals surface area contributed by atoms with Crippen LogP contribution in [0.1, 0.15) is 26.2 Å². The van der Waals surface area contributed by atoms with Crippen molar-refractivity contribution in [2.24, 2.45) is 12.5 Å². The number of benzene rings is 1. The van der Waals surface area contributed by atoms with E-state index in [4.69, 9.17) is 0 Å². The first-order valence-corrected chi connectivity index (χ1v) is 6.33. The molecule has 17 heavy (non-hydrogen) atoms. The smallest absolute Gasteiger partial charge is 0.203 e. The first kappa shape index (κ1) is 10.6. The Bertz CT molecular complexity index is 537. The number of imidazole rings is 1. The quantitative estimate of drug-likeness (QED) is 0.876. The van der Waals surface area contributed by atoms with Crippen LogP contribution in [0.15, 0.2) is 24.3 Å². The van der Waals surface area contributed by atoms with E-state index in [-0.39, 0.29) is 0 Å². The lowest BCUT2D eigenvalue weighted by Gasteiger charge is -2.38. The highest BCUT2D eigenvalue weighted by atomic mass is 15.2. The Balaban J connectivity index is 1.83. The number of hydrogen-bond donors (Lipinski definition) is 1. The van der Waals surface area contributed by atoms with E-state index >= 15 is 0 Å². The van der Waals surface area contributed by atoms with Gasteiger partial charge in [-0.3, -0.25) is 0 Å². The van der Waals surface area contributed by atoms with Crippen molar-refractivity contribution in [3.8, 4) is 0 Å². The molecule has 3 rings (SSSR count). The molecule has 3 nitrogen and oxygen atoms in total. The lowest BCUT2D eigenvalue weighted by Crippen LogP contribution is -2.33. The number of hydrogen-bond acceptors (Lipinski definition) is 2. The molecule has 0 bridgehead atoms. The fraction of sp³-hybridized carbons (Fsp3) is 0.500. The van der Waals surface area contributed by atoms with Gasteiger partial charge >= 0.3 is 0 Å². The van der Waals surface area contributed by atoms with Gasteiger partial charge in [0.2, 0.25) is 5.95 Å². The molecule has 0 radical (unpaired) electrons. The van der Waals surface area contributed by atoms with Crippen LogP contribution in [-0.4, -0.2) is 16.1 Å². The minimum absolute atomic E-state index is 0.484. The largest absolute Gasteiger partial charge is 0.355 e. The molecule has 0 unspecified atom stereocenters. The number of para-hydroxylation sites is 2. The molecular weight excluding hydrogens is 210 g/mol. The number of rotatable bonds is 3. The monoisotopic (exact) mass is 229 g/mol. The number of aryl methyl sites for hydroxylation is 1. The van der Waals surface area contributed by atoms with E-state index in [1.54, 1.807) is 0 Å². The molecule has 0 aliphatic heterocycles. The van der Waals surface area contributed by atoms with E-state index < -0.39 is 0 Å². The van der Waals surface area contributed by atoms with E-state index in [0.717, 1.165) is 18.0 Å². The van der Waals surface area contributed by atoms with Gasteiger partial charge in [0.25, 0.3) is 0 Å². The lowest BCUT2D eigenvalue weighted by molar-refractivity contribution is 0.179. The average molecular weight is 229 g/mol. The molecular formula is C14H19N3. The Hall–Kier alpha value is -1.51. The van der Waals surface area contributed by atoms with Gasteiger partial charge in [-0.25, -0.2) is 4.98 Å². The molecule has 1 aromatic carbocycles. The van der Waals surface area contributed by atoms with Gasteiger partial charge in [-0.15, -0.1) is 0 Å². The fourth-order valence-electron chi connectivity index (χ4n) is 2.55. The summed E-state index contributed by atoms with van der Waals surface area (Å²) in [5, 5.41) is 3.50. The summed E-state index contributed by atoms with van der Waals surface area (Å²) in [4.78, 5) is 4.63. The molecule has 1 aromatic heterocycles. The molecule has 90 valence electrons. The SMILES string of the molecule is Cn1c(NCC2(C)CCC2)nc2ccccc21. The van der Waals surface area contributed by atoms with Crippen LogP contribution < -0.4 is 5.32 Å². The minimum atomic E-state index is 0.484. The molecule has 1 aliphatic carbocycles. The molecule has 0 saturated heterocycles. The molecule has 1 aliphatic rings. The Morgan fingerprint density at radius 3 is 2.76 bits per heavy atom. The Morgan fingerprint density at radius 1 is 1.35 bits per heavy atom. The summed E-state index contributed by atoms with van der Waals surface area (Å²) in [6, 6.07) is 8.26. The van der Waals surface area contributed by atoms with Gasteiger partial charge in [0.1, 0.15) is 0 Å². The first-order chi connectivity index (χ1) is 8.18. The van der Waals surface area contributed by atoms with E-state index in [9.17, 15) is 0 Å². The van der Waals surface area contributed by atoms with Crippen molar-refractivity contribution < 1.29 is 0 Å². The third-order valence-electron chi connectivity index (χ3n) is 4.02. The average Bonchev–Trinajstić information content (AvgIpc) is 2.62. The van der Waals surface area contributed by atoms with E-state index in [2.05, 4.69) is 47.0 Å². The summed E-state index contributed by atoms with van der Waals surface area (Å²) >= 11 is 0. The van der Waals surface area contributed by atoms with Crippen molar-refractivity contribution in [3.05, 3.63) is 24.3 Å². The summed E-state index contributed by atoms with van der Waals surface area (Å²) in [6.45, 7) is 3.39. The van der Waals surface area contributed by atoms with Gasteiger partial charge in [0.15, 0.2) is 0 Å². The van der Waals surface area contributed by atoms with Gasteiger partial charge in [-0.2, -0.15) is 0 Å². The van der Waals surface area contributed by atoms with Gasteiger partial charge in [-0.1, -0.05) is 25.5 Å². The molecule has 0 atom stereocenters. The van der Waals surface area contributed by atoms with E-state index in [1.165, 1.54) is 24.8 Å². The zero-order valence-electron chi connectivity index (χ0n) is 10.5. The van der Waals surface area contributed by atoms with Gasteiger partial charge in [-0.05, 0) is 30.4 Å². The van der Waals surface area contributed by atoms with Gasteiger partial charge in [0.05, 0.1) is 11.0 Å². The van der Waals surface area contributed by atoms with Crippen LogP contribution >= 0.6 is 0 Å². The van der Waals surface area contributed by atoms with Crippen molar-refractivity contribution >= 4 is 17.0 Å². The number of nitrogens with zero attached hydrogens (tertiary/aromatic N) is 2. The van der Waals surface area contributed by atoms with Crippen LogP contribution in [0.5, 0.6) is 0 Å². The Morgan fingerprint density at radius 2 is 2.12 bits per heavy atom. The predicted octanol–water partition coefficient (Wildman–Crippen LogP) is 3.18. The maximum Gasteiger partial charge on any atom is 0.203 e. The number of nitrogens with one attached hydrogen (secondary N) is 1. The summed E-state index contributed by atoms with van der Waals surface area (Å²) in [6.07, 6.45) is 4.05. The van der Waals surface area contributed by atoms with Crippen LogP contribution in [0.25, 0.3) is 11.0 Å². The van der Waals surface area contributed by atoms with Crippen molar-refractivity contribution in [1.29, 1.82) is 0 Å². The molecule has 3 heteroatoms. The number of fused-ring (bicyclic) bond motifs is 1. The zero-order chi connectivity index (χ0) is 11.9. The van der Waals surface area contributed by atoms with E-state index in [1.807, 2.05) is 6.07 Å². The van der Waals surface area contributed by atoms with Gasteiger partial charge in [0, 0.05) is 13.6 Å². The normalized spacial score (nSPS) is 18.0. The fourth-order valence-corrected chi connectivity index (χ4v) is 2.55. The topological polar surface area (TPSA) is 29.9 Å². The third kappa shape index (κ3) is 1.79. The van der Waals surface area contributed by atoms with Crippen LogP contribution in [-0.2, 0) is 7.05 Å². The van der Waals surface area contributed by atoms with Crippen molar-refractivity contribution in [3.63, 3.8) is 0 Å². The van der Waals surface area contributed by atoms with Crippen molar-refractivity contribution in [2.45, 2.75) is 26.2 Å². The maximum atomic E-state index is 4.63. The zero-order valence-corrected chi connectivity index (χ0v) is 10.5. The second kappa shape index (κ2) is 3.76. The summed E-state index contributed by atoms with van der Waals surface area (Å²) in [5.74, 6) is 0.985. The number of anilines is 1. The molecule has 0 spiro atoms. The highest BCUT2D eigenvalue weighted by Gasteiger charge is 2.31. The van der Waals surface area contributed by atoms with Crippen molar-refractivity contribution in [2.75, 3.05) is 11.9 Å². The summed E-state index contributed by atoms with van der Waals surface area (Å²) in [7, 11) is 2.07. The summed E-state index contributed by atoms with van der Waals surface area (Å²) < 4.78 is 2.14. The highest BCUT2D eigenvalue weighted by molar-refractivity contribution is 5.78. The lowest BCUT2D eigenvalue weighted by atomic mass is 9.70. The van der Waals surface area contributed by atoms with Crippen molar-refractivity contribution in [1.82, 2.24) is 9.55 Å². The second-order valence-corrected chi connectivity index (χ2v) is 5.50. The Labute approximate surface area is 102 Å². The summed E-state index contributed by atoms with van der Waals surface area (Å²) in [5.41, 5.74) is 2.74. The van der Waals surface area contributed by atoms with Crippen LogP contribution in [0.4, 0.5) is 5.95 Å². The van der Waals surface area contributed by atoms with Gasteiger partial charge < -0.3 is 9.88 Å². The van der Waals surface area contributed by atoms with Crippen LogP contribution in [0, 0.1) is 5.41 Å². The Kier molecular flexibility index (Phi) is 2.35.